The molecule has 0 N–H and O–H groups in total. The Hall–Kier alpha value is -3.85. The lowest BCUT2D eigenvalue weighted by Gasteiger charge is -2.29. The summed E-state index contributed by atoms with van der Waals surface area (Å²) < 4.78 is 0. The zero-order valence-electron chi connectivity index (χ0n) is 17.2. The molecule has 0 saturated heterocycles. The lowest BCUT2D eigenvalue weighted by molar-refractivity contribution is -0.104. The van der Waals surface area contributed by atoms with Gasteiger partial charge in [-0.3, -0.25) is 14.4 Å². The van der Waals surface area contributed by atoms with Gasteiger partial charge in [-0.1, -0.05) is 109 Å². The molecule has 0 saturated carbocycles. The van der Waals surface area contributed by atoms with Crippen LogP contribution in [0.2, 0.25) is 0 Å². The van der Waals surface area contributed by atoms with E-state index < -0.39 is 5.41 Å². The van der Waals surface area contributed by atoms with Gasteiger partial charge in [0, 0.05) is 11.1 Å². The second-order valence-corrected chi connectivity index (χ2v) is 7.26. The highest BCUT2D eigenvalue weighted by Gasteiger charge is 2.44. The molecule has 0 heterocycles. The molecule has 0 spiro atoms. The molecule has 0 aliphatic carbocycles. The maximum Gasteiger partial charge on any atom is 0.177 e. The zero-order valence-corrected chi connectivity index (χ0v) is 17.2. The van der Waals surface area contributed by atoms with E-state index >= 15 is 0 Å². The average Bonchev–Trinajstić information content (AvgIpc) is 2.84. The van der Waals surface area contributed by atoms with Crippen LogP contribution in [0, 0.1) is 5.41 Å². The van der Waals surface area contributed by atoms with Crippen molar-refractivity contribution in [2.75, 3.05) is 0 Å². The van der Waals surface area contributed by atoms with E-state index in [0.717, 1.165) is 5.56 Å². The number of hydrogen-bond donors (Lipinski definition) is 0. The maximum atomic E-state index is 13.7. The van der Waals surface area contributed by atoms with Gasteiger partial charge in [0.05, 0.1) is 0 Å². The van der Waals surface area contributed by atoms with Gasteiger partial charge < -0.3 is 0 Å². The van der Waals surface area contributed by atoms with Crippen LogP contribution in [0.4, 0.5) is 0 Å². The van der Waals surface area contributed by atoms with Crippen LogP contribution in [-0.4, -0.2) is 17.9 Å². The summed E-state index contributed by atoms with van der Waals surface area (Å²) >= 11 is 0. The van der Waals surface area contributed by atoms with Crippen molar-refractivity contribution < 1.29 is 14.4 Å². The van der Waals surface area contributed by atoms with Crippen molar-refractivity contribution in [2.45, 2.75) is 12.8 Å². The monoisotopic (exact) mass is 408 g/mol. The highest BCUT2D eigenvalue weighted by atomic mass is 16.2. The van der Waals surface area contributed by atoms with E-state index in [1.807, 2.05) is 54.6 Å². The predicted octanol–water partition coefficient (Wildman–Crippen LogP) is 5.99. The van der Waals surface area contributed by atoms with Crippen molar-refractivity contribution in [3.05, 3.63) is 126 Å². The van der Waals surface area contributed by atoms with E-state index in [9.17, 15) is 14.4 Å². The normalized spacial score (nSPS) is 11.6. The Morgan fingerprint density at radius 2 is 1.10 bits per heavy atom. The zero-order chi connectivity index (χ0) is 21.9. The van der Waals surface area contributed by atoms with Gasteiger partial charge in [-0.15, -0.1) is 0 Å². The summed E-state index contributed by atoms with van der Waals surface area (Å²) in [5, 5.41) is 0. The van der Waals surface area contributed by atoms with Crippen LogP contribution in [0.1, 0.15) is 39.1 Å². The van der Waals surface area contributed by atoms with Crippen LogP contribution in [0.3, 0.4) is 0 Å². The van der Waals surface area contributed by atoms with E-state index in [0.29, 0.717) is 17.4 Å². The summed E-state index contributed by atoms with van der Waals surface area (Å²) in [6.45, 7) is 0. The molecular formula is C28H24O3. The van der Waals surface area contributed by atoms with Crippen LogP contribution in [0.15, 0.2) is 109 Å². The first kappa shape index (κ1) is 21.8. The minimum atomic E-state index is -1.35. The Bertz CT molecular complexity index is 1010. The van der Waals surface area contributed by atoms with E-state index in [-0.39, 0.29) is 24.4 Å². The molecule has 0 radical (unpaired) electrons. The summed E-state index contributed by atoms with van der Waals surface area (Å²) in [5.74, 6) is -0.509. The maximum absolute atomic E-state index is 13.7. The first-order chi connectivity index (χ1) is 15.2. The third-order valence-corrected chi connectivity index (χ3v) is 5.20. The second kappa shape index (κ2) is 10.8. The van der Waals surface area contributed by atoms with Gasteiger partial charge in [0.15, 0.2) is 11.6 Å². The number of aldehydes is 1. The number of allylic oxidation sites excluding steroid dienone is 3. The Labute approximate surface area is 182 Å². The highest BCUT2D eigenvalue weighted by Crippen LogP contribution is 2.36. The summed E-state index contributed by atoms with van der Waals surface area (Å²) in [6, 6.07) is 27.4. The Kier molecular flexibility index (Phi) is 7.61. The molecule has 0 aromatic heterocycles. The average molecular weight is 408 g/mol. The van der Waals surface area contributed by atoms with Crippen molar-refractivity contribution in [1.29, 1.82) is 0 Å². The summed E-state index contributed by atoms with van der Waals surface area (Å²) in [7, 11) is 0. The standard InChI is InChI=1S/C28H24O3/c29-22-11-10-20-28(26(30)24-16-6-2-7-17-24,27(31)25-18-8-3-9-19-25)21-12-15-23-13-4-1-5-14-23/h1-19,22H,20-21H2/b11-10-,15-12+. The van der Waals surface area contributed by atoms with Crippen LogP contribution < -0.4 is 0 Å². The molecule has 0 aliphatic heterocycles. The largest absolute Gasteiger partial charge is 0.299 e. The van der Waals surface area contributed by atoms with Crippen molar-refractivity contribution in [3.63, 3.8) is 0 Å². The van der Waals surface area contributed by atoms with Gasteiger partial charge in [-0.05, 0) is 24.5 Å². The van der Waals surface area contributed by atoms with Crippen LogP contribution in [0.5, 0.6) is 0 Å². The molecule has 154 valence electrons. The van der Waals surface area contributed by atoms with Gasteiger partial charge >= 0.3 is 0 Å². The molecule has 0 atom stereocenters. The minimum Gasteiger partial charge on any atom is -0.299 e. The molecule has 0 amide bonds. The Morgan fingerprint density at radius 1 is 0.645 bits per heavy atom. The SMILES string of the molecule is O=C/C=C\CC(C/C=C/c1ccccc1)(C(=O)c1ccccc1)C(=O)c1ccccc1. The number of rotatable bonds is 10. The molecule has 3 aromatic rings. The molecule has 0 aliphatic rings. The van der Waals surface area contributed by atoms with Crippen molar-refractivity contribution in [3.8, 4) is 0 Å². The van der Waals surface area contributed by atoms with Crippen molar-refractivity contribution in [1.82, 2.24) is 0 Å². The highest BCUT2D eigenvalue weighted by molar-refractivity contribution is 6.20. The van der Waals surface area contributed by atoms with Gasteiger partial charge in [0.2, 0.25) is 0 Å². The molecule has 0 fully saturated rings. The van der Waals surface area contributed by atoms with Crippen LogP contribution >= 0.6 is 0 Å². The summed E-state index contributed by atoms with van der Waals surface area (Å²) in [5.41, 5.74) is 0.575. The predicted molar refractivity (Wildman–Crippen MR) is 124 cm³/mol. The number of benzene rings is 3. The third kappa shape index (κ3) is 5.40. The summed E-state index contributed by atoms with van der Waals surface area (Å²) in [6.07, 6.45) is 7.72. The lowest BCUT2D eigenvalue weighted by Crippen LogP contribution is -2.39. The van der Waals surface area contributed by atoms with Gasteiger partial charge in [-0.25, -0.2) is 0 Å². The molecule has 0 unspecified atom stereocenters. The molecule has 3 heteroatoms. The first-order valence-electron chi connectivity index (χ1n) is 10.2. The van der Waals surface area contributed by atoms with E-state index in [1.165, 1.54) is 6.08 Å². The number of carbonyl (C=O) groups is 3. The fraction of sp³-hybridized carbons (Fsp3) is 0.107. The lowest BCUT2D eigenvalue weighted by atomic mass is 9.69. The fourth-order valence-corrected chi connectivity index (χ4v) is 3.57. The quantitative estimate of drug-likeness (QED) is 0.179. The smallest absolute Gasteiger partial charge is 0.177 e. The van der Waals surface area contributed by atoms with Crippen molar-refractivity contribution >= 4 is 23.9 Å². The van der Waals surface area contributed by atoms with Gasteiger partial charge in [0.1, 0.15) is 11.7 Å². The van der Waals surface area contributed by atoms with Crippen molar-refractivity contribution in [2.24, 2.45) is 5.41 Å². The fourth-order valence-electron chi connectivity index (χ4n) is 3.57. The molecule has 3 nitrogen and oxygen atoms in total. The molecule has 3 rings (SSSR count). The number of ketones is 2. The molecule has 3 aromatic carbocycles. The topological polar surface area (TPSA) is 51.2 Å². The minimum absolute atomic E-state index is 0.131. The number of carbonyl (C=O) groups excluding carboxylic acids is 3. The molecule has 31 heavy (non-hydrogen) atoms. The van der Waals surface area contributed by atoms with Gasteiger partial charge in [-0.2, -0.15) is 0 Å². The van der Waals surface area contributed by atoms with Crippen LogP contribution in [0.25, 0.3) is 6.08 Å². The second-order valence-electron chi connectivity index (χ2n) is 7.26. The molecular weight excluding hydrogens is 384 g/mol. The van der Waals surface area contributed by atoms with E-state index in [1.54, 1.807) is 54.6 Å². The van der Waals surface area contributed by atoms with E-state index in [4.69, 9.17) is 0 Å². The van der Waals surface area contributed by atoms with E-state index in [2.05, 4.69) is 0 Å². The van der Waals surface area contributed by atoms with Crippen LogP contribution in [-0.2, 0) is 4.79 Å². The number of Topliss-reactive ketones (excluding diaryl/α,β-unsaturated/α-hetero) is 2. The Balaban J connectivity index is 2.08. The Morgan fingerprint density at radius 3 is 1.58 bits per heavy atom. The van der Waals surface area contributed by atoms with Gasteiger partial charge in [0.25, 0.3) is 0 Å². The first-order valence-corrected chi connectivity index (χ1v) is 10.2. The summed E-state index contributed by atoms with van der Waals surface area (Å²) in [4.78, 5) is 38.4. The molecule has 0 bridgehead atoms. The third-order valence-electron chi connectivity index (χ3n) is 5.20. The number of hydrogen-bond acceptors (Lipinski definition) is 3.